The van der Waals surface area contributed by atoms with Crippen molar-refractivity contribution in [2.24, 2.45) is 5.41 Å². The summed E-state index contributed by atoms with van der Waals surface area (Å²) >= 11 is 0. The zero-order chi connectivity index (χ0) is 20.7. The Bertz CT molecular complexity index is 1030. The number of aliphatic hydroxyl groups is 1. The molecule has 0 amide bonds. The van der Waals surface area contributed by atoms with E-state index in [0.29, 0.717) is 6.54 Å². The second-order valence-electron chi connectivity index (χ2n) is 9.02. The van der Waals surface area contributed by atoms with E-state index in [0.717, 1.165) is 68.3 Å². The summed E-state index contributed by atoms with van der Waals surface area (Å²) in [6.45, 7) is 8.58. The van der Waals surface area contributed by atoms with Gasteiger partial charge in [-0.1, -0.05) is 0 Å². The van der Waals surface area contributed by atoms with Crippen LogP contribution in [-0.2, 0) is 6.54 Å². The van der Waals surface area contributed by atoms with E-state index in [1.807, 2.05) is 17.6 Å². The highest BCUT2D eigenvalue weighted by molar-refractivity contribution is 5.48. The first-order valence-electron chi connectivity index (χ1n) is 10.7. The summed E-state index contributed by atoms with van der Waals surface area (Å²) in [5, 5.41) is 15.1. The monoisotopic (exact) mass is 407 g/mol. The first-order chi connectivity index (χ1) is 14.5. The van der Waals surface area contributed by atoms with Gasteiger partial charge < -0.3 is 10.0 Å². The van der Waals surface area contributed by atoms with Crippen LogP contribution in [0.2, 0.25) is 0 Å². The van der Waals surface area contributed by atoms with Crippen LogP contribution >= 0.6 is 0 Å². The highest BCUT2D eigenvalue weighted by Gasteiger charge is 2.42. The van der Waals surface area contributed by atoms with Crippen molar-refractivity contribution in [3.05, 3.63) is 47.8 Å². The van der Waals surface area contributed by atoms with Crippen molar-refractivity contribution in [1.29, 1.82) is 0 Å². The van der Waals surface area contributed by atoms with Gasteiger partial charge in [-0.05, 0) is 57.7 Å². The second kappa shape index (κ2) is 7.59. The van der Waals surface area contributed by atoms with Gasteiger partial charge in [0.15, 0.2) is 5.65 Å². The normalized spacial score (nSPS) is 22.1. The van der Waals surface area contributed by atoms with Crippen LogP contribution in [0.15, 0.2) is 30.9 Å². The van der Waals surface area contributed by atoms with E-state index in [1.54, 1.807) is 18.6 Å². The van der Waals surface area contributed by atoms with E-state index < -0.39 is 0 Å². The Labute approximate surface area is 176 Å². The number of hydrogen-bond donors (Lipinski definition) is 1. The molecule has 2 aliphatic rings. The van der Waals surface area contributed by atoms with Crippen molar-refractivity contribution >= 4 is 11.5 Å². The Morgan fingerprint density at radius 3 is 2.77 bits per heavy atom. The van der Waals surface area contributed by atoms with E-state index in [-0.39, 0.29) is 11.5 Å². The molecule has 0 aliphatic carbocycles. The highest BCUT2D eigenvalue weighted by atomic mass is 16.3. The average molecular weight is 408 g/mol. The van der Waals surface area contributed by atoms with Crippen LogP contribution in [0.3, 0.4) is 0 Å². The van der Waals surface area contributed by atoms with Crippen molar-refractivity contribution in [2.45, 2.75) is 45.8 Å². The Morgan fingerprint density at radius 1 is 1.17 bits per heavy atom. The largest absolute Gasteiger partial charge is 0.391 e. The third kappa shape index (κ3) is 3.65. The van der Waals surface area contributed by atoms with Crippen LogP contribution in [0.4, 0.5) is 5.82 Å². The van der Waals surface area contributed by atoms with Crippen LogP contribution in [0.5, 0.6) is 0 Å². The second-order valence-corrected chi connectivity index (χ2v) is 9.02. The van der Waals surface area contributed by atoms with E-state index in [2.05, 4.69) is 37.9 Å². The molecule has 8 nitrogen and oxygen atoms in total. The van der Waals surface area contributed by atoms with Crippen LogP contribution in [0, 0.1) is 19.3 Å². The fourth-order valence-corrected chi connectivity index (χ4v) is 5.20. The summed E-state index contributed by atoms with van der Waals surface area (Å²) in [5.41, 5.74) is 4.43. The van der Waals surface area contributed by atoms with Crippen molar-refractivity contribution in [1.82, 2.24) is 29.5 Å². The molecule has 2 fully saturated rings. The van der Waals surface area contributed by atoms with Crippen molar-refractivity contribution in [3.63, 3.8) is 0 Å². The molecule has 158 valence electrons. The summed E-state index contributed by atoms with van der Waals surface area (Å²) < 4.78 is 1.93. The molecule has 2 saturated heterocycles. The number of piperidine rings is 2. The number of hydrogen-bond acceptors (Lipinski definition) is 7. The molecular weight excluding hydrogens is 378 g/mol. The summed E-state index contributed by atoms with van der Waals surface area (Å²) in [5.74, 6) is 0.862. The predicted octanol–water partition coefficient (Wildman–Crippen LogP) is 1.99. The number of aromatic nitrogens is 5. The first-order valence-corrected chi connectivity index (χ1v) is 10.7. The lowest BCUT2D eigenvalue weighted by molar-refractivity contribution is 0.0245. The summed E-state index contributed by atoms with van der Waals surface area (Å²) in [4.78, 5) is 18.1. The van der Waals surface area contributed by atoms with E-state index in [4.69, 9.17) is 4.98 Å². The number of aliphatic hydroxyl groups excluding tert-OH is 1. The van der Waals surface area contributed by atoms with Gasteiger partial charge >= 0.3 is 0 Å². The Morgan fingerprint density at radius 2 is 2.00 bits per heavy atom. The molecule has 1 N–H and O–H groups in total. The quantitative estimate of drug-likeness (QED) is 0.711. The lowest BCUT2D eigenvalue weighted by Gasteiger charge is -2.49. The molecule has 5 rings (SSSR count). The molecule has 30 heavy (non-hydrogen) atoms. The molecule has 2 aliphatic heterocycles. The molecule has 3 aromatic rings. The van der Waals surface area contributed by atoms with Gasteiger partial charge in [-0.3, -0.25) is 9.88 Å². The third-order valence-corrected chi connectivity index (χ3v) is 6.66. The molecule has 1 unspecified atom stereocenters. The summed E-state index contributed by atoms with van der Waals surface area (Å²) in [7, 11) is 0. The minimum atomic E-state index is -0.318. The smallest absolute Gasteiger partial charge is 0.159 e. The van der Waals surface area contributed by atoms with Gasteiger partial charge in [0.2, 0.25) is 0 Å². The zero-order valence-corrected chi connectivity index (χ0v) is 17.7. The molecule has 0 saturated carbocycles. The molecule has 0 bridgehead atoms. The Kier molecular flexibility index (Phi) is 4.91. The molecule has 5 heterocycles. The molecule has 1 atom stereocenters. The number of anilines is 1. The Hall–Kier alpha value is -2.58. The molecule has 0 aromatic carbocycles. The lowest BCUT2D eigenvalue weighted by atomic mass is 9.71. The fraction of sp³-hybridized carbons (Fsp3) is 0.545. The topological polar surface area (TPSA) is 82.7 Å². The summed E-state index contributed by atoms with van der Waals surface area (Å²) in [6, 6.07) is 2.06. The number of β-amino-alcohol motifs (C(OH)–C–C–N with tert-alkyl or cyclic N) is 1. The van der Waals surface area contributed by atoms with E-state index in [9.17, 15) is 5.11 Å². The molecule has 1 spiro atoms. The van der Waals surface area contributed by atoms with Crippen molar-refractivity contribution < 1.29 is 5.11 Å². The zero-order valence-electron chi connectivity index (χ0n) is 17.7. The highest BCUT2D eigenvalue weighted by Crippen LogP contribution is 2.41. The van der Waals surface area contributed by atoms with Crippen LogP contribution in [0.25, 0.3) is 5.65 Å². The van der Waals surface area contributed by atoms with Gasteiger partial charge in [0, 0.05) is 49.0 Å². The molecular formula is C22H29N7O. The number of nitrogens with zero attached hydrogens (tertiary/aromatic N) is 7. The standard InChI is InChI=1S/C22H29N7O/c1-16-9-17(2)29-21(26-16)18(11-25-29)13-27-7-3-22(4-8-27)10-19(30)14-28(15-22)20-12-23-5-6-24-20/h5-6,9,11-12,19,30H,3-4,7-8,10,13-15H2,1-2H3. The maximum Gasteiger partial charge on any atom is 0.159 e. The maximum atomic E-state index is 10.6. The maximum absolute atomic E-state index is 10.6. The molecule has 0 radical (unpaired) electrons. The van der Waals surface area contributed by atoms with Crippen LogP contribution in [0.1, 0.15) is 36.2 Å². The van der Waals surface area contributed by atoms with Crippen molar-refractivity contribution in [3.8, 4) is 0 Å². The number of fused-ring (bicyclic) bond motifs is 1. The van der Waals surface area contributed by atoms with Gasteiger partial charge in [0.1, 0.15) is 5.82 Å². The van der Waals surface area contributed by atoms with Gasteiger partial charge in [-0.2, -0.15) is 5.10 Å². The minimum Gasteiger partial charge on any atom is -0.391 e. The number of rotatable bonds is 3. The molecule has 3 aromatic heterocycles. The van der Waals surface area contributed by atoms with Gasteiger partial charge in [0.25, 0.3) is 0 Å². The minimum absolute atomic E-state index is 0.137. The fourth-order valence-electron chi connectivity index (χ4n) is 5.20. The lowest BCUT2D eigenvalue weighted by Crippen LogP contribution is -2.54. The average Bonchev–Trinajstić information content (AvgIpc) is 3.13. The Balaban J connectivity index is 1.28. The molecule has 8 heteroatoms. The number of likely N-dealkylation sites (tertiary alicyclic amines) is 1. The van der Waals surface area contributed by atoms with E-state index >= 15 is 0 Å². The van der Waals surface area contributed by atoms with Crippen molar-refractivity contribution in [2.75, 3.05) is 31.1 Å². The first kappa shape index (κ1) is 19.4. The summed E-state index contributed by atoms with van der Waals surface area (Å²) in [6.07, 6.45) is 9.87. The van der Waals surface area contributed by atoms with Gasteiger partial charge in [-0.15, -0.1) is 0 Å². The number of aryl methyl sites for hydroxylation is 2. The predicted molar refractivity (Wildman–Crippen MR) is 114 cm³/mol. The van der Waals surface area contributed by atoms with Gasteiger partial charge in [-0.25, -0.2) is 14.5 Å². The van der Waals surface area contributed by atoms with Crippen LogP contribution in [-0.4, -0.2) is 66.9 Å². The van der Waals surface area contributed by atoms with E-state index in [1.165, 1.54) is 5.56 Å². The van der Waals surface area contributed by atoms with Crippen LogP contribution < -0.4 is 4.90 Å². The SMILES string of the molecule is Cc1cc(C)n2ncc(CN3CCC4(CC3)CC(O)CN(c3cnccn3)C4)c2n1. The third-order valence-electron chi connectivity index (χ3n) is 6.66. The van der Waals surface area contributed by atoms with Gasteiger partial charge in [0.05, 0.1) is 18.5 Å².